The summed E-state index contributed by atoms with van der Waals surface area (Å²) in [6.07, 6.45) is -4.86. The molecule has 10 nitrogen and oxygen atoms in total. The van der Waals surface area contributed by atoms with Gasteiger partial charge in [0, 0.05) is 30.9 Å². The summed E-state index contributed by atoms with van der Waals surface area (Å²) >= 11 is 0. The summed E-state index contributed by atoms with van der Waals surface area (Å²) in [7, 11) is 1.42. The molecule has 0 aliphatic carbocycles. The first-order chi connectivity index (χ1) is 22.2. The molecule has 0 spiro atoms. The molecule has 13 heteroatoms. The molecule has 0 bridgehead atoms. The van der Waals surface area contributed by atoms with Gasteiger partial charge in [-0.3, -0.25) is 24.2 Å². The van der Waals surface area contributed by atoms with Crippen LogP contribution in [0.3, 0.4) is 0 Å². The van der Waals surface area contributed by atoms with E-state index in [1.165, 1.54) is 69.6 Å². The van der Waals surface area contributed by atoms with Gasteiger partial charge in [-0.05, 0) is 59.9 Å². The number of carboxylic acids is 1. The van der Waals surface area contributed by atoms with Gasteiger partial charge in [-0.1, -0.05) is 44.2 Å². The number of nitrogens with zero attached hydrogens (tertiary/aromatic N) is 1. The molecule has 0 aliphatic rings. The SMILES string of the molecule is COc1ccc([C@H](NC(=O)[C@@H](CC(=O)c2ccccn2)Cc2ccc(OCC(=O)O)cc2)C(=O)C[C@H](C(=O)C(F)(F)F)C(C)C)cc1. The van der Waals surface area contributed by atoms with Gasteiger partial charge in [0.2, 0.25) is 11.7 Å². The van der Waals surface area contributed by atoms with Crippen LogP contribution < -0.4 is 14.8 Å². The van der Waals surface area contributed by atoms with Crippen LogP contribution in [0, 0.1) is 17.8 Å². The third-order valence-electron chi connectivity index (χ3n) is 7.42. The number of pyridine rings is 1. The number of ketones is 3. The molecule has 0 saturated heterocycles. The van der Waals surface area contributed by atoms with Crippen molar-refractivity contribution in [2.24, 2.45) is 17.8 Å². The van der Waals surface area contributed by atoms with E-state index < -0.39 is 72.2 Å². The molecule has 3 aromatic rings. The maximum Gasteiger partial charge on any atom is 0.450 e. The Morgan fingerprint density at radius 1 is 0.894 bits per heavy atom. The van der Waals surface area contributed by atoms with E-state index in [-0.39, 0.29) is 29.8 Å². The van der Waals surface area contributed by atoms with E-state index in [0.29, 0.717) is 11.3 Å². The number of ether oxygens (including phenoxy) is 2. The number of alkyl halides is 3. The Morgan fingerprint density at radius 2 is 1.53 bits per heavy atom. The van der Waals surface area contributed by atoms with E-state index in [1.54, 1.807) is 24.3 Å². The van der Waals surface area contributed by atoms with E-state index in [9.17, 15) is 37.1 Å². The van der Waals surface area contributed by atoms with Crippen molar-refractivity contribution in [2.45, 2.75) is 45.3 Å². The number of hydrogen-bond acceptors (Lipinski definition) is 8. The molecule has 1 amide bonds. The predicted molar refractivity (Wildman–Crippen MR) is 163 cm³/mol. The third kappa shape index (κ3) is 10.8. The van der Waals surface area contributed by atoms with Gasteiger partial charge in [-0.25, -0.2) is 4.79 Å². The first kappa shape index (κ1) is 36.4. The lowest BCUT2D eigenvalue weighted by molar-refractivity contribution is -0.177. The monoisotopic (exact) mass is 656 g/mol. The van der Waals surface area contributed by atoms with Gasteiger partial charge < -0.3 is 19.9 Å². The lowest BCUT2D eigenvalue weighted by atomic mass is 9.84. The highest BCUT2D eigenvalue weighted by Gasteiger charge is 2.45. The summed E-state index contributed by atoms with van der Waals surface area (Å²) in [5.41, 5.74) is 0.918. The molecule has 47 heavy (non-hydrogen) atoms. The van der Waals surface area contributed by atoms with Crippen LogP contribution in [0.1, 0.15) is 54.3 Å². The van der Waals surface area contributed by atoms with Crippen LogP contribution in [-0.2, 0) is 25.6 Å². The minimum Gasteiger partial charge on any atom is -0.497 e. The number of halogens is 3. The summed E-state index contributed by atoms with van der Waals surface area (Å²) in [6, 6.07) is 15.4. The summed E-state index contributed by atoms with van der Waals surface area (Å²) in [4.78, 5) is 67.8. The van der Waals surface area contributed by atoms with Crippen LogP contribution in [-0.4, -0.2) is 59.2 Å². The van der Waals surface area contributed by atoms with Crippen molar-refractivity contribution >= 4 is 29.2 Å². The number of nitrogens with one attached hydrogen (secondary N) is 1. The van der Waals surface area contributed by atoms with Gasteiger partial charge in [0.05, 0.1) is 7.11 Å². The Morgan fingerprint density at radius 3 is 2.06 bits per heavy atom. The number of carbonyl (C=O) groups excluding carboxylic acids is 4. The number of carbonyl (C=O) groups is 5. The van der Waals surface area contributed by atoms with Crippen LogP contribution in [0.5, 0.6) is 11.5 Å². The molecule has 2 N–H and O–H groups in total. The minimum absolute atomic E-state index is 0.00564. The smallest absolute Gasteiger partial charge is 0.450 e. The average molecular weight is 657 g/mol. The van der Waals surface area contributed by atoms with Crippen LogP contribution in [0.4, 0.5) is 13.2 Å². The maximum atomic E-state index is 13.9. The molecule has 0 radical (unpaired) electrons. The number of benzene rings is 2. The van der Waals surface area contributed by atoms with Gasteiger partial charge in [-0.2, -0.15) is 13.2 Å². The molecule has 1 heterocycles. The van der Waals surface area contributed by atoms with Crippen LogP contribution >= 0.6 is 0 Å². The van der Waals surface area contributed by atoms with Crippen molar-refractivity contribution in [3.05, 3.63) is 89.7 Å². The number of aliphatic carboxylic acids is 1. The van der Waals surface area contributed by atoms with Crippen molar-refractivity contribution in [2.75, 3.05) is 13.7 Å². The van der Waals surface area contributed by atoms with Gasteiger partial charge in [0.25, 0.3) is 0 Å². The molecule has 250 valence electrons. The Balaban J connectivity index is 1.94. The molecule has 0 fully saturated rings. The van der Waals surface area contributed by atoms with E-state index in [2.05, 4.69) is 10.3 Å². The van der Waals surface area contributed by atoms with Crippen LogP contribution in [0.25, 0.3) is 0 Å². The third-order valence-corrected chi connectivity index (χ3v) is 7.42. The number of aromatic nitrogens is 1. The zero-order valence-corrected chi connectivity index (χ0v) is 26.0. The first-order valence-electron chi connectivity index (χ1n) is 14.6. The van der Waals surface area contributed by atoms with Crippen molar-refractivity contribution < 1.29 is 51.7 Å². The number of amides is 1. The van der Waals surface area contributed by atoms with Gasteiger partial charge in [0.1, 0.15) is 23.2 Å². The lowest BCUT2D eigenvalue weighted by Gasteiger charge is -2.26. The normalized spacial score (nSPS) is 13.3. The second-order valence-electron chi connectivity index (χ2n) is 11.2. The van der Waals surface area contributed by atoms with Crippen LogP contribution in [0.15, 0.2) is 72.9 Å². The summed E-state index contributed by atoms with van der Waals surface area (Å²) in [6.45, 7) is 2.25. The molecule has 0 aliphatic heterocycles. The van der Waals surface area contributed by atoms with Crippen molar-refractivity contribution in [3.63, 3.8) is 0 Å². The van der Waals surface area contributed by atoms with Crippen molar-refractivity contribution in [3.8, 4) is 11.5 Å². The molecule has 3 rings (SSSR count). The Kier molecular flexibility index (Phi) is 12.8. The number of rotatable bonds is 17. The number of methoxy groups -OCH3 is 1. The standard InChI is InChI=1S/C34H35F3N2O8/c1-20(2)26(32(44)34(35,36)37)18-29(41)31(22-9-13-24(46-3)14-10-22)39-33(45)23(17-28(40)27-6-4-5-15-38-27)16-21-7-11-25(12-8-21)47-19-30(42)43/h4-15,20,23,26,31H,16-19H2,1-3H3,(H,39,45)(H,42,43)/t23-,26+,31+/m1/s1. The molecular weight excluding hydrogens is 621 g/mol. The van der Waals surface area contributed by atoms with Gasteiger partial charge in [0.15, 0.2) is 18.2 Å². The van der Waals surface area contributed by atoms with E-state index in [4.69, 9.17) is 14.6 Å². The highest BCUT2D eigenvalue weighted by atomic mass is 19.4. The summed E-state index contributed by atoms with van der Waals surface area (Å²) < 4.78 is 50.5. The summed E-state index contributed by atoms with van der Waals surface area (Å²) in [5.74, 6) is -8.11. The zero-order chi connectivity index (χ0) is 34.7. The minimum atomic E-state index is -5.15. The zero-order valence-electron chi connectivity index (χ0n) is 26.0. The largest absolute Gasteiger partial charge is 0.497 e. The average Bonchev–Trinajstić information content (AvgIpc) is 3.04. The Labute approximate surface area is 269 Å². The molecule has 1 aromatic heterocycles. The maximum absolute atomic E-state index is 13.9. The fraction of sp³-hybridized carbons (Fsp3) is 0.353. The number of Topliss-reactive ketones (excluding diaryl/α,β-unsaturated/α-hetero) is 3. The number of carboxylic acid groups (broad SMARTS) is 1. The van der Waals surface area contributed by atoms with Crippen molar-refractivity contribution in [1.82, 2.24) is 10.3 Å². The fourth-order valence-corrected chi connectivity index (χ4v) is 4.85. The lowest BCUT2D eigenvalue weighted by Crippen LogP contribution is -2.41. The van der Waals surface area contributed by atoms with Gasteiger partial charge >= 0.3 is 12.1 Å². The van der Waals surface area contributed by atoms with E-state index in [0.717, 1.165) is 0 Å². The quantitative estimate of drug-likeness (QED) is 0.187. The second kappa shape index (κ2) is 16.5. The highest BCUT2D eigenvalue weighted by Crippen LogP contribution is 2.31. The highest BCUT2D eigenvalue weighted by molar-refractivity contribution is 5.99. The second-order valence-corrected chi connectivity index (χ2v) is 11.2. The van der Waals surface area contributed by atoms with E-state index in [1.807, 2.05) is 0 Å². The number of hydrogen-bond donors (Lipinski definition) is 2. The molecule has 2 aromatic carbocycles. The summed E-state index contributed by atoms with van der Waals surface area (Å²) in [5, 5.41) is 11.5. The Hall–Kier alpha value is -5.07. The molecular formula is C34H35F3N2O8. The first-order valence-corrected chi connectivity index (χ1v) is 14.6. The molecule has 3 atom stereocenters. The molecule has 0 saturated carbocycles. The topological polar surface area (TPSA) is 149 Å². The van der Waals surface area contributed by atoms with Crippen LogP contribution in [0.2, 0.25) is 0 Å². The Bertz CT molecular complexity index is 1540. The molecule has 0 unspecified atom stereocenters. The van der Waals surface area contributed by atoms with E-state index >= 15 is 0 Å². The predicted octanol–water partition coefficient (Wildman–Crippen LogP) is 5.21. The fourth-order valence-electron chi connectivity index (χ4n) is 4.85. The van der Waals surface area contributed by atoms with Crippen molar-refractivity contribution in [1.29, 1.82) is 0 Å². The van der Waals surface area contributed by atoms with Gasteiger partial charge in [-0.15, -0.1) is 0 Å².